The Morgan fingerprint density at radius 3 is 2.57 bits per heavy atom. The first-order valence-electron chi connectivity index (χ1n) is 8.30. The molecule has 5 rings (SSSR count). The predicted octanol–water partition coefficient (Wildman–Crippen LogP) is 2.36. The van der Waals surface area contributed by atoms with Crippen LogP contribution in [0.15, 0.2) is 4.79 Å². The lowest BCUT2D eigenvalue weighted by Gasteiger charge is -2.16. The van der Waals surface area contributed by atoms with E-state index < -0.39 is 0 Å². The molecule has 0 radical (unpaired) electrons. The molecule has 2 aromatic heterocycles. The predicted molar refractivity (Wildman–Crippen MR) is 79.3 cm³/mol. The molecule has 0 saturated heterocycles. The molecule has 0 unspecified atom stereocenters. The summed E-state index contributed by atoms with van der Waals surface area (Å²) in [6.45, 7) is 0.806. The average Bonchev–Trinajstić information content (AvgIpc) is 3.40. The lowest BCUT2D eigenvalue weighted by molar-refractivity contribution is 0.500. The molecular formula is C16H20N4O. The van der Waals surface area contributed by atoms with Crippen molar-refractivity contribution in [2.24, 2.45) is 11.8 Å². The Morgan fingerprint density at radius 1 is 1.10 bits per heavy atom. The Kier molecular flexibility index (Phi) is 2.38. The van der Waals surface area contributed by atoms with Crippen molar-refractivity contribution < 1.29 is 0 Å². The number of hydrogen-bond donors (Lipinski definition) is 1. The quantitative estimate of drug-likeness (QED) is 0.941. The van der Waals surface area contributed by atoms with Crippen LogP contribution in [0.1, 0.15) is 56.1 Å². The van der Waals surface area contributed by atoms with Gasteiger partial charge in [0.1, 0.15) is 11.6 Å². The van der Waals surface area contributed by atoms with Crippen molar-refractivity contribution in [1.82, 2.24) is 19.5 Å². The average molecular weight is 284 g/mol. The molecule has 2 saturated carbocycles. The highest BCUT2D eigenvalue weighted by atomic mass is 16.1. The van der Waals surface area contributed by atoms with E-state index in [2.05, 4.69) is 9.97 Å². The van der Waals surface area contributed by atoms with Crippen LogP contribution in [0, 0.1) is 11.8 Å². The molecule has 0 bridgehead atoms. The topological polar surface area (TPSA) is 63.6 Å². The van der Waals surface area contributed by atoms with Crippen LogP contribution in [0.2, 0.25) is 0 Å². The third-order valence-corrected chi connectivity index (χ3v) is 5.32. The third kappa shape index (κ3) is 1.86. The van der Waals surface area contributed by atoms with Crippen LogP contribution in [0.25, 0.3) is 11.2 Å². The second kappa shape index (κ2) is 4.18. The molecule has 0 amide bonds. The lowest BCUT2D eigenvalue weighted by atomic mass is 9.97. The Labute approximate surface area is 122 Å². The minimum absolute atomic E-state index is 0.0822. The summed E-state index contributed by atoms with van der Waals surface area (Å²) in [6, 6.07) is 0. The van der Waals surface area contributed by atoms with Crippen LogP contribution >= 0.6 is 0 Å². The number of H-pyrrole nitrogens is 1. The maximum Gasteiger partial charge on any atom is 0.279 e. The van der Waals surface area contributed by atoms with Gasteiger partial charge in [-0.25, -0.2) is 9.97 Å². The van der Waals surface area contributed by atoms with E-state index in [-0.39, 0.29) is 5.56 Å². The van der Waals surface area contributed by atoms with Gasteiger partial charge < -0.3 is 4.98 Å². The number of nitrogens with zero attached hydrogens (tertiary/aromatic N) is 3. The van der Waals surface area contributed by atoms with Crippen LogP contribution in [0.3, 0.4) is 0 Å². The van der Waals surface area contributed by atoms with Gasteiger partial charge in [0.15, 0.2) is 11.2 Å². The van der Waals surface area contributed by atoms with Gasteiger partial charge in [0, 0.05) is 18.9 Å². The summed E-state index contributed by atoms with van der Waals surface area (Å²) < 4.78 is 1.84. The van der Waals surface area contributed by atoms with Gasteiger partial charge in [0.05, 0.1) is 0 Å². The molecule has 1 aliphatic heterocycles. The van der Waals surface area contributed by atoms with Gasteiger partial charge in [0.2, 0.25) is 0 Å². The highest BCUT2D eigenvalue weighted by Gasteiger charge is 2.44. The summed E-state index contributed by atoms with van der Waals surface area (Å²) in [5, 5.41) is 0. The van der Waals surface area contributed by atoms with Crippen LogP contribution < -0.4 is 5.56 Å². The van der Waals surface area contributed by atoms with E-state index in [1.807, 2.05) is 4.57 Å². The Balaban J connectivity index is 1.66. The fourth-order valence-corrected chi connectivity index (χ4v) is 3.92. The van der Waals surface area contributed by atoms with Crippen LogP contribution in [0.4, 0.5) is 0 Å². The number of hydrogen-bond acceptors (Lipinski definition) is 3. The van der Waals surface area contributed by atoms with Crippen molar-refractivity contribution >= 4 is 11.2 Å². The standard InChI is InChI=1S/C16H20N4O/c21-16-13-15(17-11-3-1-2-8-20(11)16)19-14(18-13)12(9-4-5-9)10-6-7-10/h9-10,12H,1-8H2,(H,18,19). The summed E-state index contributed by atoms with van der Waals surface area (Å²) >= 11 is 0. The Hall–Kier alpha value is -1.65. The van der Waals surface area contributed by atoms with E-state index in [0.29, 0.717) is 17.1 Å². The highest BCUT2D eigenvalue weighted by Crippen LogP contribution is 2.53. The van der Waals surface area contributed by atoms with Crippen molar-refractivity contribution in [1.29, 1.82) is 0 Å². The van der Waals surface area contributed by atoms with E-state index in [4.69, 9.17) is 4.98 Å². The summed E-state index contributed by atoms with van der Waals surface area (Å²) in [5.74, 6) is 4.07. The second-order valence-corrected chi connectivity index (χ2v) is 6.96. The molecule has 21 heavy (non-hydrogen) atoms. The van der Waals surface area contributed by atoms with Gasteiger partial charge in [-0.3, -0.25) is 9.36 Å². The molecule has 2 fully saturated rings. The normalized spacial score (nSPS) is 22.0. The van der Waals surface area contributed by atoms with Crippen molar-refractivity contribution in [3.05, 3.63) is 22.0 Å². The Bertz CT molecular complexity index is 754. The van der Waals surface area contributed by atoms with Gasteiger partial charge in [-0.1, -0.05) is 0 Å². The van der Waals surface area contributed by atoms with Crippen molar-refractivity contribution in [2.45, 2.75) is 57.4 Å². The fraction of sp³-hybridized carbons (Fsp3) is 0.688. The Morgan fingerprint density at radius 2 is 1.86 bits per heavy atom. The van der Waals surface area contributed by atoms with Gasteiger partial charge in [-0.05, 0) is 50.4 Å². The van der Waals surface area contributed by atoms with Crippen molar-refractivity contribution in [3.63, 3.8) is 0 Å². The van der Waals surface area contributed by atoms with E-state index >= 15 is 0 Å². The first-order valence-corrected chi connectivity index (χ1v) is 8.30. The van der Waals surface area contributed by atoms with Gasteiger partial charge in [-0.15, -0.1) is 0 Å². The number of aryl methyl sites for hydroxylation is 1. The van der Waals surface area contributed by atoms with E-state index in [1.54, 1.807) is 0 Å². The van der Waals surface area contributed by atoms with Crippen LogP contribution in [0.5, 0.6) is 0 Å². The highest BCUT2D eigenvalue weighted by molar-refractivity contribution is 5.69. The molecule has 0 atom stereocenters. The first-order chi connectivity index (χ1) is 10.3. The van der Waals surface area contributed by atoms with E-state index in [1.165, 1.54) is 25.7 Å². The number of imidazole rings is 1. The number of fused-ring (bicyclic) bond motifs is 2. The zero-order valence-corrected chi connectivity index (χ0v) is 12.1. The molecule has 5 nitrogen and oxygen atoms in total. The summed E-state index contributed by atoms with van der Waals surface area (Å²) in [6.07, 6.45) is 8.39. The third-order valence-electron chi connectivity index (χ3n) is 5.32. The van der Waals surface area contributed by atoms with Crippen LogP contribution in [-0.2, 0) is 13.0 Å². The molecule has 1 N–H and O–H groups in total. The zero-order chi connectivity index (χ0) is 14.0. The molecule has 110 valence electrons. The molecule has 3 aliphatic rings. The monoisotopic (exact) mass is 284 g/mol. The van der Waals surface area contributed by atoms with E-state index in [9.17, 15) is 4.79 Å². The summed E-state index contributed by atoms with van der Waals surface area (Å²) in [5.41, 5.74) is 1.36. The second-order valence-electron chi connectivity index (χ2n) is 6.96. The minimum atomic E-state index is 0.0822. The number of aromatic amines is 1. The van der Waals surface area contributed by atoms with Crippen molar-refractivity contribution in [3.8, 4) is 0 Å². The molecule has 2 aliphatic carbocycles. The maximum absolute atomic E-state index is 12.6. The van der Waals surface area contributed by atoms with Crippen molar-refractivity contribution in [2.75, 3.05) is 0 Å². The molecule has 0 spiro atoms. The number of aromatic nitrogens is 4. The smallest absolute Gasteiger partial charge is 0.279 e. The van der Waals surface area contributed by atoms with Gasteiger partial charge in [0.25, 0.3) is 5.56 Å². The van der Waals surface area contributed by atoms with Crippen LogP contribution in [-0.4, -0.2) is 19.5 Å². The molecular weight excluding hydrogens is 264 g/mol. The number of nitrogens with one attached hydrogen (secondary N) is 1. The summed E-state index contributed by atoms with van der Waals surface area (Å²) in [4.78, 5) is 25.4. The van der Waals surface area contributed by atoms with Gasteiger partial charge in [-0.2, -0.15) is 0 Å². The minimum Gasteiger partial charge on any atom is -0.336 e. The van der Waals surface area contributed by atoms with Gasteiger partial charge >= 0.3 is 0 Å². The zero-order valence-electron chi connectivity index (χ0n) is 12.1. The molecule has 2 aromatic rings. The summed E-state index contributed by atoms with van der Waals surface area (Å²) in [7, 11) is 0. The lowest BCUT2D eigenvalue weighted by Crippen LogP contribution is -2.28. The molecule has 5 heteroatoms. The molecule has 0 aromatic carbocycles. The largest absolute Gasteiger partial charge is 0.336 e. The molecule has 3 heterocycles. The number of rotatable bonds is 3. The first kappa shape index (κ1) is 12.0. The van der Waals surface area contributed by atoms with E-state index in [0.717, 1.165) is 49.3 Å². The maximum atomic E-state index is 12.6. The fourth-order valence-electron chi connectivity index (χ4n) is 3.92. The SMILES string of the molecule is O=c1c2[nH]c(C(C3CC3)C3CC3)nc2nc2n1CCCC2.